The Kier molecular flexibility index (Phi) is 1.04. The molecule has 0 bridgehead atoms. The monoisotopic (exact) mass is 178 g/mol. The van der Waals surface area contributed by atoms with Crippen molar-refractivity contribution in [1.29, 1.82) is 0 Å². The molecule has 0 unspecified atom stereocenters. The van der Waals surface area contributed by atoms with Gasteiger partial charge in [0.25, 0.3) is 0 Å². The second-order valence-electron chi connectivity index (χ2n) is 3.61. The largest absolute Gasteiger partial charge is 0.426 e. The molecule has 13 heavy (non-hydrogen) atoms. The van der Waals surface area contributed by atoms with Crippen molar-refractivity contribution >= 4 is 5.97 Å². The van der Waals surface area contributed by atoms with Gasteiger partial charge in [-0.15, -0.1) is 0 Å². The van der Waals surface area contributed by atoms with E-state index in [1.165, 1.54) is 18.2 Å². The van der Waals surface area contributed by atoms with E-state index in [4.69, 9.17) is 4.74 Å². The van der Waals surface area contributed by atoms with Gasteiger partial charge < -0.3 is 4.74 Å². The van der Waals surface area contributed by atoms with Crippen LogP contribution in [0.5, 0.6) is 5.75 Å². The summed E-state index contributed by atoms with van der Waals surface area (Å²) in [4.78, 5) is 11.4. The van der Waals surface area contributed by atoms with Gasteiger partial charge in [-0.05, 0) is 31.0 Å². The van der Waals surface area contributed by atoms with Gasteiger partial charge in [0.15, 0.2) is 0 Å². The summed E-state index contributed by atoms with van der Waals surface area (Å²) in [5.41, 5.74) is 0.259. The first-order valence-electron chi connectivity index (χ1n) is 4.25. The van der Waals surface area contributed by atoms with Crippen molar-refractivity contribution in [2.24, 2.45) is 0 Å². The maximum atomic E-state index is 12.9. The smallest absolute Gasteiger partial charge is 0.322 e. The number of fused-ring (bicyclic) bond motifs is 2. The third-order valence-electron chi connectivity index (χ3n) is 2.80. The van der Waals surface area contributed by atoms with E-state index >= 15 is 0 Å². The molecule has 1 spiro atoms. The van der Waals surface area contributed by atoms with Crippen molar-refractivity contribution in [3.8, 4) is 5.75 Å². The molecule has 3 rings (SSSR count). The van der Waals surface area contributed by atoms with Crippen LogP contribution >= 0.6 is 0 Å². The van der Waals surface area contributed by atoms with E-state index in [2.05, 4.69) is 0 Å². The van der Waals surface area contributed by atoms with Crippen molar-refractivity contribution in [3.63, 3.8) is 0 Å². The molecule has 1 saturated carbocycles. The second kappa shape index (κ2) is 1.92. The summed E-state index contributed by atoms with van der Waals surface area (Å²) in [7, 11) is 0. The van der Waals surface area contributed by atoms with E-state index in [-0.39, 0.29) is 11.8 Å². The number of rotatable bonds is 0. The molecular weight excluding hydrogens is 171 g/mol. The molecule has 0 atom stereocenters. The standard InChI is InChI=1S/C10H7FO2/c11-6-1-2-8-7(5-6)10(3-4-10)9(12)13-8/h1-2,5H,3-4H2. The van der Waals surface area contributed by atoms with E-state index in [1.807, 2.05) is 0 Å². The number of hydrogen-bond donors (Lipinski definition) is 0. The molecule has 0 saturated heterocycles. The summed E-state index contributed by atoms with van der Waals surface area (Å²) in [6, 6.07) is 4.25. The Balaban J connectivity index is 2.24. The highest BCUT2D eigenvalue weighted by Crippen LogP contribution is 2.56. The van der Waals surface area contributed by atoms with Gasteiger partial charge in [0, 0.05) is 5.56 Å². The molecule has 1 fully saturated rings. The third kappa shape index (κ3) is 0.742. The number of ether oxygens (including phenoxy) is 1. The molecule has 0 N–H and O–H groups in total. The lowest BCUT2D eigenvalue weighted by molar-refractivity contribution is -0.135. The lowest BCUT2D eigenvalue weighted by atomic mass is 9.98. The van der Waals surface area contributed by atoms with E-state index in [0.717, 1.165) is 18.4 Å². The van der Waals surface area contributed by atoms with Crippen LogP contribution in [0.4, 0.5) is 4.39 Å². The zero-order chi connectivity index (χ0) is 9.05. The van der Waals surface area contributed by atoms with Crippen LogP contribution in [0.15, 0.2) is 18.2 Å². The van der Waals surface area contributed by atoms with Gasteiger partial charge in [-0.2, -0.15) is 0 Å². The van der Waals surface area contributed by atoms with Crippen LogP contribution in [-0.2, 0) is 10.2 Å². The summed E-state index contributed by atoms with van der Waals surface area (Å²) >= 11 is 0. The van der Waals surface area contributed by atoms with Crippen LogP contribution in [-0.4, -0.2) is 5.97 Å². The normalized spacial score (nSPS) is 21.5. The van der Waals surface area contributed by atoms with E-state index < -0.39 is 5.41 Å². The zero-order valence-corrected chi connectivity index (χ0v) is 6.84. The topological polar surface area (TPSA) is 26.3 Å². The Labute approximate surface area is 74.3 Å². The summed E-state index contributed by atoms with van der Waals surface area (Å²) in [5, 5.41) is 0. The minimum Gasteiger partial charge on any atom is -0.426 e. The second-order valence-corrected chi connectivity index (χ2v) is 3.61. The molecule has 0 amide bonds. The highest BCUT2D eigenvalue weighted by atomic mass is 19.1. The lowest BCUT2D eigenvalue weighted by Crippen LogP contribution is -2.16. The number of carbonyl (C=O) groups is 1. The molecule has 1 aliphatic carbocycles. The fraction of sp³-hybridized carbons (Fsp3) is 0.300. The first-order chi connectivity index (χ1) is 6.22. The van der Waals surface area contributed by atoms with Gasteiger partial charge in [0.1, 0.15) is 11.6 Å². The summed E-state index contributed by atoms with van der Waals surface area (Å²) < 4.78 is 17.9. The van der Waals surface area contributed by atoms with E-state index in [0.29, 0.717) is 5.75 Å². The minimum absolute atomic E-state index is 0.215. The average molecular weight is 178 g/mol. The summed E-state index contributed by atoms with van der Waals surface area (Å²) in [5.74, 6) is 0.0142. The van der Waals surface area contributed by atoms with Crippen molar-refractivity contribution in [2.75, 3.05) is 0 Å². The first-order valence-corrected chi connectivity index (χ1v) is 4.25. The molecular formula is C10H7FO2. The van der Waals surface area contributed by atoms with Crippen molar-refractivity contribution in [1.82, 2.24) is 0 Å². The van der Waals surface area contributed by atoms with Gasteiger partial charge in [0.05, 0.1) is 5.41 Å². The summed E-state index contributed by atoms with van der Waals surface area (Å²) in [6.45, 7) is 0. The Morgan fingerprint density at radius 3 is 2.85 bits per heavy atom. The molecule has 1 aromatic carbocycles. The molecule has 3 heteroatoms. The van der Waals surface area contributed by atoms with Crippen molar-refractivity contribution in [2.45, 2.75) is 18.3 Å². The Morgan fingerprint density at radius 2 is 2.15 bits per heavy atom. The number of benzene rings is 1. The van der Waals surface area contributed by atoms with Crippen LogP contribution < -0.4 is 4.74 Å². The Bertz CT molecular complexity index is 407. The third-order valence-corrected chi connectivity index (χ3v) is 2.80. The molecule has 2 nitrogen and oxygen atoms in total. The quantitative estimate of drug-likeness (QED) is 0.447. The van der Waals surface area contributed by atoms with Gasteiger partial charge in [0.2, 0.25) is 0 Å². The number of carbonyl (C=O) groups excluding carboxylic acids is 1. The lowest BCUT2D eigenvalue weighted by Gasteiger charge is -2.00. The molecule has 1 aliphatic heterocycles. The molecule has 1 aromatic rings. The van der Waals surface area contributed by atoms with Gasteiger partial charge in [-0.1, -0.05) is 0 Å². The van der Waals surface area contributed by atoms with Gasteiger partial charge >= 0.3 is 5.97 Å². The van der Waals surface area contributed by atoms with Gasteiger partial charge in [-0.3, -0.25) is 4.79 Å². The Hall–Kier alpha value is -1.38. The molecule has 1 heterocycles. The van der Waals surface area contributed by atoms with Gasteiger partial charge in [-0.25, -0.2) is 4.39 Å². The van der Waals surface area contributed by atoms with Crippen molar-refractivity contribution < 1.29 is 13.9 Å². The highest BCUT2D eigenvalue weighted by molar-refractivity contribution is 5.93. The first kappa shape index (κ1) is 7.06. The SMILES string of the molecule is O=C1Oc2ccc(F)cc2C12CC2. The predicted molar refractivity (Wildman–Crippen MR) is 42.9 cm³/mol. The molecule has 66 valence electrons. The fourth-order valence-corrected chi connectivity index (χ4v) is 1.87. The summed E-state index contributed by atoms with van der Waals surface area (Å²) in [6.07, 6.45) is 1.59. The maximum Gasteiger partial charge on any atom is 0.322 e. The molecule has 0 radical (unpaired) electrons. The van der Waals surface area contributed by atoms with E-state index in [1.54, 1.807) is 0 Å². The van der Waals surface area contributed by atoms with Crippen LogP contribution in [0.1, 0.15) is 18.4 Å². The average Bonchev–Trinajstić information content (AvgIpc) is 2.83. The van der Waals surface area contributed by atoms with Crippen LogP contribution in [0.3, 0.4) is 0 Å². The predicted octanol–water partition coefficient (Wildman–Crippen LogP) is 1.78. The number of hydrogen-bond acceptors (Lipinski definition) is 2. The van der Waals surface area contributed by atoms with Crippen molar-refractivity contribution in [3.05, 3.63) is 29.6 Å². The van der Waals surface area contributed by atoms with Crippen LogP contribution in [0.25, 0.3) is 0 Å². The number of halogens is 1. The minimum atomic E-state index is -0.475. The maximum absolute atomic E-state index is 12.9. The van der Waals surface area contributed by atoms with Crippen LogP contribution in [0.2, 0.25) is 0 Å². The fourth-order valence-electron chi connectivity index (χ4n) is 1.87. The molecule has 0 aromatic heterocycles. The Morgan fingerprint density at radius 1 is 1.38 bits per heavy atom. The molecule has 2 aliphatic rings. The number of esters is 1. The van der Waals surface area contributed by atoms with E-state index in [9.17, 15) is 9.18 Å². The van der Waals surface area contributed by atoms with Crippen LogP contribution in [0, 0.1) is 5.82 Å². The highest BCUT2D eigenvalue weighted by Gasteiger charge is 2.58. The zero-order valence-electron chi connectivity index (χ0n) is 6.84.